The zero-order valence-electron chi connectivity index (χ0n) is 12.0. The van der Waals surface area contributed by atoms with Crippen LogP contribution in [0.15, 0.2) is 24.4 Å². The van der Waals surface area contributed by atoms with Crippen LogP contribution < -0.4 is 10.2 Å². The first-order valence-electron chi connectivity index (χ1n) is 7.91. The van der Waals surface area contributed by atoms with Crippen LogP contribution in [0.25, 0.3) is 0 Å². The molecule has 4 heteroatoms. The lowest BCUT2D eigenvalue weighted by Crippen LogP contribution is -2.48. The Kier molecular flexibility index (Phi) is 4.53. The van der Waals surface area contributed by atoms with Gasteiger partial charge in [0.25, 0.3) is 0 Å². The van der Waals surface area contributed by atoms with E-state index < -0.39 is 0 Å². The summed E-state index contributed by atoms with van der Waals surface area (Å²) in [6, 6.07) is 7.23. The highest BCUT2D eigenvalue weighted by molar-refractivity contribution is 5.38. The molecule has 20 heavy (non-hydrogen) atoms. The van der Waals surface area contributed by atoms with Gasteiger partial charge in [-0.25, -0.2) is 4.98 Å². The van der Waals surface area contributed by atoms with E-state index in [0.717, 1.165) is 38.2 Å². The van der Waals surface area contributed by atoms with E-state index in [2.05, 4.69) is 27.3 Å². The molecule has 1 aromatic rings. The Bertz CT molecular complexity index is 403. The van der Waals surface area contributed by atoms with Crippen LogP contribution in [0.1, 0.15) is 38.5 Å². The Hall–Kier alpha value is -1.13. The van der Waals surface area contributed by atoms with E-state index in [1.807, 2.05) is 12.3 Å². The van der Waals surface area contributed by atoms with Crippen LogP contribution in [-0.2, 0) is 0 Å². The summed E-state index contributed by atoms with van der Waals surface area (Å²) >= 11 is 0. The summed E-state index contributed by atoms with van der Waals surface area (Å²) in [5.41, 5.74) is 0. The maximum Gasteiger partial charge on any atom is 0.128 e. The van der Waals surface area contributed by atoms with E-state index >= 15 is 0 Å². The second-order valence-electron chi connectivity index (χ2n) is 6.13. The molecule has 0 bridgehead atoms. The molecule has 4 nitrogen and oxygen atoms in total. The number of aromatic nitrogens is 1. The fourth-order valence-corrected chi connectivity index (χ4v) is 3.46. The molecule has 0 radical (unpaired) electrons. The van der Waals surface area contributed by atoms with Crippen molar-refractivity contribution in [3.63, 3.8) is 0 Å². The standard InChI is InChI=1S/C16H25N3O/c20-15-5-3-4-14(12-15)18-13-7-10-19(11-8-13)16-6-1-2-9-17-16/h1-2,6,9,13-15,18,20H,3-5,7-8,10-12H2. The van der Waals surface area contributed by atoms with Crippen molar-refractivity contribution in [2.75, 3.05) is 18.0 Å². The van der Waals surface area contributed by atoms with Crippen LogP contribution in [-0.4, -0.2) is 41.4 Å². The molecular weight excluding hydrogens is 250 g/mol. The molecule has 0 amide bonds. The van der Waals surface area contributed by atoms with Gasteiger partial charge in [-0.3, -0.25) is 0 Å². The molecule has 1 saturated heterocycles. The summed E-state index contributed by atoms with van der Waals surface area (Å²) in [4.78, 5) is 6.79. The van der Waals surface area contributed by atoms with Gasteiger partial charge in [-0.1, -0.05) is 6.07 Å². The lowest BCUT2D eigenvalue weighted by Gasteiger charge is -2.36. The van der Waals surface area contributed by atoms with Gasteiger partial charge in [0, 0.05) is 31.4 Å². The van der Waals surface area contributed by atoms with Gasteiger partial charge in [0.05, 0.1) is 6.10 Å². The number of aliphatic hydroxyl groups excluding tert-OH is 1. The summed E-state index contributed by atoms with van der Waals surface area (Å²) in [5, 5.41) is 13.5. The number of pyridine rings is 1. The van der Waals surface area contributed by atoms with Gasteiger partial charge < -0.3 is 15.3 Å². The number of nitrogens with zero attached hydrogens (tertiary/aromatic N) is 2. The second kappa shape index (κ2) is 6.55. The van der Waals surface area contributed by atoms with Crippen molar-refractivity contribution in [2.45, 2.75) is 56.7 Å². The van der Waals surface area contributed by atoms with E-state index in [9.17, 15) is 5.11 Å². The monoisotopic (exact) mass is 275 g/mol. The Morgan fingerprint density at radius 2 is 1.95 bits per heavy atom. The number of rotatable bonds is 3. The predicted octanol–water partition coefficient (Wildman–Crippen LogP) is 1.94. The Balaban J connectivity index is 1.46. The number of piperidine rings is 1. The number of nitrogens with one attached hydrogen (secondary N) is 1. The van der Waals surface area contributed by atoms with Gasteiger partial charge in [-0.2, -0.15) is 0 Å². The number of hydrogen-bond acceptors (Lipinski definition) is 4. The third kappa shape index (κ3) is 3.49. The molecule has 2 N–H and O–H groups in total. The predicted molar refractivity (Wildman–Crippen MR) is 80.9 cm³/mol. The second-order valence-corrected chi connectivity index (χ2v) is 6.13. The van der Waals surface area contributed by atoms with Crippen molar-refractivity contribution in [1.82, 2.24) is 10.3 Å². The summed E-state index contributed by atoms with van der Waals surface area (Å²) < 4.78 is 0. The summed E-state index contributed by atoms with van der Waals surface area (Å²) in [5.74, 6) is 1.10. The summed E-state index contributed by atoms with van der Waals surface area (Å²) in [7, 11) is 0. The highest BCUT2D eigenvalue weighted by Gasteiger charge is 2.25. The molecule has 3 rings (SSSR count). The lowest BCUT2D eigenvalue weighted by molar-refractivity contribution is 0.107. The van der Waals surface area contributed by atoms with Gasteiger partial charge in [0.1, 0.15) is 5.82 Å². The SMILES string of the molecule is OC1CCCC(NC2CCN(c3ccccn3)CC2)C1. The highest BCUT2D eigenvalue weighted by atomic mass is 16.3. The summed E-state index contributed by atoms with van der Waals surface area (Å²) in [6.07, 6.45) is 8.41. The van der Waals surface area contributed by atoms with Crippen molar-refractivity contribution in [3.8, 4) is 0 Å². The van der Waals surface area contributed by atoms with Crippen LogP contribution in [0, 0.1) is 0 Å². The molecule has 2 unspecified atom stereocenters. The molecule has 110 valence electrons. The fourth-order valence-electron chi connectivity index (χ4n) is 3.46. The third-order valence-electron chi connectivity index (χ3n) is 4.59. The van der Waals surface area contributed by atoms with Gasteiger partial charge in [-0.15, -0.1) is 0 Å². The molecule has 1 saturated carbocycles. The van der Waals surface area contributed by atoms with Crippen LogP contribution >= 0.6 is 0 Å². The zero-order valence-corrected chi connectivity index (χ0v) is 12.0. The fraction of sp³-hybridized carbons (Fsp3) is 0.688. The van der Waals surface area contributed by atoms with Crippen molar-refractivity contribution in [3.05, 3.63) is 24.4 Å². The van der Waals surface area contributed by atoms with Crippen molar-refractivity contribution in [1.29, 1.82) is 0 Å². The zero-order chi connectivity index (χ0) is 13.8. The van der Waals surface area contributed by atoms with Crippen LogP contribution in [0.4, 0.5) is 5.82 Å². The smallest absolute Gasteiger partial charge is 0.128 e. The first-order chi connectivity index (χ1) is 9.81. The molecule has 2 aliphatic rings. The summed E-state index contributed by atoms with van der Waals surface area (Å²) in [6.45, 7) is 2.15. The van der Waals surface area contributed by atoms with Gasteiger partial charge >= 0.3 is 0 Å². The molecule has 1 aliphatic heterocycles. The Morgan fingerprint density at radius 1 is 1.10 bits per heavy atom. The Morgan fingerprint density at radius 3 is 2.65 bits per heavy atom. The minimum atomic E-state index is -0.0881. The third-order valence-corrected chi connectivity index (χ3v) is 4.59. The molecule has 2 fully saturated rings. The van der Waals surface area contributed by atoms with E-state index in [0.29, 0.717) is 12.1 Å². The van der Waals surface area contributed by atoms with Gasteiger partial charge in [-0.05, 0) is 50.7 Å². The minimum absolute atomic E-state index is 0.0881. The molecule has 2 atom stereocenters. The molecule has 1 aliphatic carbocycles. The number of hydrogen-bond donors (Lipinski definition) is 2. The lowest BCUT2D eigenvalue weighted by atomic mass is 9.91. The molecular formula is C16H25N3O. The van der Waals surface area contributed by atoms with Crippen LogP contribution in [0.2, 0.25) is 0 Å². The van der Waals surface area contributed by atoms with E-state index in [-0.39, 0.29) is 6.10 Å². The largest absolute Gasteiger partial charge is 0.393 e. The topological polar surface area (TPSA) is 48.4 Å². The normalized spacial score (nSPS) is 28.6. The Labute approximate surface area is 121 Å². The van der Waals surface area contributed by atoms with Crippen molar-refractivity contribution >= 4 is 5.82 Å². The van der Waals surface area contributed by atoms with Crippen molar-refractivity contribution < 1.29 is 5.11 Å². The average Bonchev–Trinajstić information content (AvgIpc) is 2.49. The molecule has 2 heterocycles. The maximum absolute atomic E-state index is 9.74. The maximum atomic E-state index is 9.74. The van der Waals surface area contributed by atoms with Crippen LogP contribution in [0.3, 0.4) is 0 Å². The first kappa shape index (κ1) is 13.8. The van der Waals surface area contributed by atoms with E-state index in [4.69, 9.17) is 0 Å². The number of aliphatic hydroxyl groups is 1. The van der Waals surface area contributed by atoms with Crippen LogP contribution in [0.5, 0.6) is 0 Å². The highest BCUT2D eigenvalue weighted by Crippen LogP contribution is 2.22. The van der Waals surface area contributed by atoms with E-state index in [1.165, 1.54) is 19.3 Å². The molecule has 1 aromatic heterocycles. The van der Waals surface area contributed by atoms with Gasteiger partial charge in [0.2, 0.25) is 0 Å². The molecule has 0 aromatic carbocycles. The quantitative estimate of drug-likeness (QED) is 0.885. The molecule has 0 spiro atoms. The minimum Gasteiger partial charge on any atom is -0.393 e. The van der Waals surface area contributed by atoms with E-state index in [1.54, 1.807) is 0 Å². The van der Waals surface area contributed by atoms with Gasteiger partial charge in [0.15, 0.2) is 0 Å². The number of anilines is 1. The first-order valence-corrected chi connectivity index (χ1v) is 7.91. The average molecular weight is 275 g/mol. The van der Waals surface area contributed by atoms with Crippen molar-refractivity contribution in [2.24, 2.45) is 0 Å².